The van der Waals surface area contributed by atoms with Crippen LogP contribution in [0.25, 0.3) is 10.9 Å². The van der Waals surface area contributed by atoms with Crippen LogP contribution in [0.15, 0.2) is 24.3 Å². The molecular weight excluding hydrogens is 252 g/mol. The molecule has 20 heavy (non-hydrogen) atoms. The number of benzene rings is 1. The van der Waals surface area contributed by atoms with E-state index in [0.717, 1.165) is 16.6 Å². The van der Waals surface area contributed by atoms with Gasteiger partial charge in [0.25, 0.3) is 11.7 Å². The third-order valence-electron chi connectivity index (χ3n) is 3.32. The summed E-state index contributed by atoms with van der Waals surface area (Å²) in [6.07, 6.45) is 0. The minimum Gasteiger partial charge on any atom is -0.347 e. The van der Waals surface area contributed by atoms with E-state index in [0.29, 0.717) is 5.56 Å². The smallest absolute Gasteiger partial charge is 0.292 e. The van der Waals surface area contributed by atoms with E-state index in [-0.39, 0.29) is 0 Å². The zero-order chi connectivity index (χ0) is 15.1. The molecule has 0 unspecified atom stereocenters. The predicted molar refractivity (Wildman–Crippen MR) is 79.9 cm³/mol. The van der Waals surface area contributed by atoms with Crippen LogP contribution in [-0.4, -0.2) is 21.8 Å². The summed E-state index contributed by atoms with van der Waals surface area (Å²) in [5.74, 6) is -1.04. The zero-order valence-corrected chi connectivity index (χ0v) is 12.6. The molecule has 4 heteroatoms. The highest BCUT2D eigenvalue weighted by Crippen LogP contribution is 2.25. The second-order valence-corrected chi connectivity index (χ2v) is 6.07. The van der Waals surface area contributed by atoms with Crippen LogP contribution >= 0.6 is 0 Å². The van der Waals surface area contributed by atoms with Crippen molar-refractivity contribution in [2.75, 3.05) is 0 Å². The van der Waals surface area contributed by atoms with Crippen LogP contribution in [0.2, 0.25) is 0 Å². The van der Waals surface area contributed by atoms with E-state index in [9.17, 15) is 9.59 Å². The Kier molecular flexibility index (Phi) is 3.42. The van der Waals surface area contributed by atoms with Gasteiger partial charge in [-0.2, -0.15) is 0 Å². The maximum Gasteiger partial charge on any atom is 0.292 e. The van der Waals surface area contributed by atoms with Crippen LogP contribution < -0.4 is 5.32 Å². The van der Waals surface area contributed by atoms with Crippen molar-refractivity contribution in [1.82, 2.24) is 9.88 Å². The van der Waals surface area contributed by atoms with E-state index in [1.54, 1.807) is 0 Å². The molecule has 1 heterocycles. The zero-order valence-electron chi connectivity index (χ0n) is 12.6. The molecule has 0 aliphatic heterocycles. The molecule has 1 amide bonds. The van der Waals surface area contributed by atoms with E-state index in [1.165, 1.54) is 0 Å². The van der Waals surface area contributed by atoms with Crippen molar-refractivity contribution in [2.24, 2.45) is 7.05 Å². The quantitative estimate of drug-likeness (QED) is 0.675. The average Bonchev–Trinajstić information content (AvgIpc) is 2.60. The van der Waals surface area contributed by atoms with Gasteiger partial charge in [-0.3, -0.25) is 9.59 Å². The lowest BCUT2D eigenvalue weighted by atomic mass is 10.0. The third kappa shape index (κ3) is 2.46. The van der Waals surface area contributed by atoms with Crippen LogP contribution in [0, 0.1) is 6.92 Å². The van der Waals surface area contributed by atoms with Crippen LogP contribution in [-0.2, 0) is 11.8 Å². The summed E-state index contributed by atoms with van der Waals surface area (Å²) in [5.41, 5.74) is 1.83. The summed E-state index contributed by atoms with van der Waals surface area (Å²) < 4.78 is 1.94. The highest BCUT2D eigenvalue weighted by molar-refractivity contribution is 6.45. The van der Waals surface area contributed by atoms with Crippen LogP contribution in [0.4, 0.5) is 0 Å². The fourth-order valence-corrected chi connectivity index (χ4v) is 2.32. The molecule has 0 atom stereocenters. The molecule has 4 nitrogen and oxygen atoms in total. The van der Waals surface area contributed by atoms with Crippen molar-refractivity contribution in [3.05, 3.63) is 35.5 Å². The number of aryl methyl sites for hydroxylation is 1. The van der Waals surface area contributed by atoms with Gasteiger partial charge in [-0.25, -0.2) is 0 Å². The fourth-order valence-electron chi connectivity index (χ4n) is 2.32. The SMILES string of the molecule is Cc1c(C(=O)C(=O)NC(C)(C)C)c2ccccc2n1C. The van der Waals surface area contributed by atoms with Gasteiger partial charge in [0.2, 0.25) is 0 Å². The van der Waals surface area contributed by atoms with Crippen molar-refractivity contribution >= 4 is 22.6 Å². The van der Waals surface area contributed by atoms with Gasteiger partial charge in [0.15, 0.2) is 0 Å². The summed E-state index contributed by atoms with van der Waals surface area (Å²) in [6.45, 7) is 7.42. The third-order valence-corrected chi connectivity index (χ3v) is 3.32. The van der Waals surface area contributed by atoms with Gasteiger partial charge in [-0.15, -0.1) is 0 Å². The highest BCUT2D eigenvalue weighted by atomic mass is 16.2. The first kappa shape index (κ1) is 14.3. The molecule has 0 spiro atoms. The Hall–Kier alpha value is -2.10. The number of carbonyl (C=O) groups is 2. The van der Waals surface area contributed by atoms with Gasteiger partial charge in [0, 0.05) is 29.2 Å². The number of ketones is 1. The fraction of sp³-hybridized carbons (Fsp3) is 0.375. The molecule has 0 saturated heterocycles. The van der Waals surface area contributed by atoms with Crippen molar-refractivity contribution in [3.8, 4) is 0 Å². The molecule has 1 N–H and O–H groups in total. The van der Waals surface area contributed by atoms with Crippen molar-refractivity contribution in [2.45, 2.75) is 33.2 Å². The number of amides is 1. The highest BCUT2D eigenvalue weighted by Gasteiger charge is 2.26. The van der Waals surface area contributed by atoms with E-state index in [2.05, 4.69) is 5.32 Å². The van der Waals surface area contributed by atoms with Gasteiger partial charge in [-0.05, 0) is 33.8 Å². The Labute approximate surface area is 118 Å². The molecule has 0 aliphatic carbocycles. The molecule has 106 valence electrons. The molecule has 0 saturated carbocycles. The van der Waals surface area contributed by atoms with E-state index in [1.807, 2.05) is 63.6 Å². The number of nitrogens with zero attached hydrogens (tertiary/aromatic N) is 1. The Morgan fingerprint density at radius 3 is 2.35 bits per heavy atom. The maximum atomic E-state index is 12.4. The lowest BCUT2D eigenvalue weighted by molar-refractivity contribution is -0.118. The number of carbonyl (C=O) groups excluding carboxylic acids is 2. The summed E-state index contributed by atoms with van der Waals surface area (Å²) >= 11 is 0. The van der Waals surface area contributed by atoms with Gasteiger partial charge >= 0.3 is 0 Å². The Bertz CT molecular complexity index is 690. The molecule has 0 radical (unpaired) electrons. The van der Waals surface area contributed by atoms with Crippen molar-refractivity contribution in [1.29, 1.82) is 0 Å². The number of fused-ring (bicyclic) bond motifs is 1. The Balaban J connectivity index is 2.51. The lowest BCUT2D eigenvalue weighted by Gasteiger charge is -2.19. The van der Waals surface area contributed by atoms with Gasteiger partial charge < -0.3 is 9.88 Å². The van der Waals surface area contributed by atoms with Crippen molar-refractivity contribution in [3.63, 3.8) is 0 Å². The first-order valence-corrected chi connectivity index (χ1v) is 6.63. The topological polar surface area (TPSA) is 51.1 Å². The summed E-state index contributed by atoms with van der Waals surface area (Å²) in [4.78, 5) is 24.5. The molecule has 2 aromatic rings. The number of hydrogen-bond acceptors (Lipinski definition) is 2. The number of Topliss-reactive ketones (excluding diaryl/α,β-unsaturated/α-hetero) is 1. The number of para-hydroxylation sites is 1. The van der Waals surface area contributed by atoms with Crippen LogP contribution in [0.1, 0.15) is 36.8 Å². The minimum atomic E-state index is -0.558. The monoisotopic (exact) mass is 272 g/mol. The standard InChI is InChI=1S/C16H20N2O2/c1-10-13(14(19)15(20)17-16(2,3)4)11-8-6-7-9-12(11)18(10)5/h6-9H,1-5H3,(H,17,20). The van der Waals surface area contributed by atoms with Gasteiger partial charge in [0.1, 0.15) is 0 Å². The van der Waals surface area contributed by atoms with E-state index in [4.69, 9.17) is 0 Å². The second kappa shape index (κ2) is 4.78. The minimum absolute atomic E-state index is 0.425. The summed E-state index contributed by atoms with van der Waals surface area (Å²) in [6, 6.07) is 7.62. The normalized spacial score (nSPS) is 11.7. The van der Waals surface area contributed by atoms with E-state index >= 15 is 0 Å². The molecule has 0 fully saturated rings. The predicted octanol–water partition coefficient (Wildman–Crippen LogP) is 2.58. The van der Waals surface area contributed by atoms with Gasteiger partial charge in [-0.1, -0.05) is 18.2 Å². The first-order valence-electron chi connectivity index (χ1n) is 6.63. The van der Waals surface area contributed by atoms with Crippen LogP contribution in [0.3, 0.4) is 0 Å². The number of aromatic nitrogens is 1. The molecule has 1 aromatic carbocycles. The van der Waals surface area contributed by atoms with Gasteiger partial charge in [0.05, 0.1) is 5.56 Å². The first-order chi connectivity index (χ1) is 9.22. The molecular formula is C16H20N2O2. The number of nitrogens with one attached hydrogen (secondary N) is 1. The molecule has 0 bridgehead atoms. The Morgan fingerprint density at radius 1 is 1.15 bits per heavy atom. The largest absolute Gasteiger partial charge is 0.347 e. The van der Waals surface area contributed by atoms with Crippen molar-refractivity contribution < 1.29 is 9.59 Å². The molecule has 2 rings (SSSR count). The van der Waals surface area contributed by atoms with Crippen LogP contribution in [0.5, 0.6) is 0 Å². The second-order valence-electron chi connectivity index (χ2n) is 6.07. The number of hydrogen-bond donors (Lipinski definition) is 1. The van der Waals surface area contributed by atoms with E-state index < -0.39 is 17.2 Å². The maximum absolute atomic E-state index is 12.4. The molecule has 0 aliphatic rings. The Morgan fingerprint density at radius 2 is 1.75 bits per heavy atom. The summed E-state index contributed by atoms with van der Waals surface area (Å²) in [5, 5.41) is 3.54. The number of rotatable bonds is 2. The lowest BCUT2D eigenvalue weighted by Crippen LogP contribution is -2.44. The average molecular weight is 272 g/mol. The molecule has 1 aromatic heterocycles. The summed E-state index contributed by atoms with van der Waals surface area (Å²) in [7, 11) is 1.90.